The summed E-state index contributed by atoms with van der Waals surface area (Å²) in [5.41, 5.74) is 0.823. The first-order chi connectivity index (χ1) is 10.0. The molecule has 0 bridgehead atoms. The molecule has 0 aliphatic carbocycles. The predicted molar refractivity (Wildman–Crippen MR) is 81.1 cm³/mol. The molecule has 0 spiro atoms. The Balaban J connectivity index is 1.73. The van der Waals surface area contributed by atoms with Gasteiger partial charge in [-0.25, -0.2) is 0 Å². The van der Waals surface area contributed by atoms with Crippen molar-refractivity contribution >= 4 is 23.5 Å². The zero-order valence-corrected chi connectivity index (χ0v) is 12.9. The van der Waals surface area contributed by atoms with Gasteiger partial charge in [0, 0.05) is 18.1 Å². The second-order valence-electron chi connectivity index (χ2n) is 5.53. The Hall–Kier alpha value is -1.55. The van der Waals surface area contributed by atoms with Crippen LogP contribution >= 0.6 is 11.6 Å². The van der Waals surface area contributed by atoms with Crippen molar-refractivity contribution in [3.63, 3.8) is 0 Å². The number of piperidine rings is 1. The van der Waals surface area contributed by atoms with Gasteiger partial charge in [-0.05, 0) is 36.5 Å². The van der Waals surface area contributed by atoms with E-state index < -0.39 is 5.97 Å². The van der Waals surface area contributed by atoms with Crippen LogP contribution in [-0.4, -0.2) is 36.5 Å². The van der Waals surface area contributed by atoms with Crippen molar-refractivity contribution in [1.29, 1.82) is 0 Å². The number of hydrogen-bond acceptors (Lipinski definition) is 3. The maximum Gasteiger partial charge on any atom is 0.310 e. The number of carbonyl (C=O) groups is 2. The zero-order chi connectivity index (χ0) is 15.2. The van der Waals surface area contributed by atoms with Crippen LogP contribution in [0.1, 0.15) is 25.3 Å². The smallest absolute Gasteiger partial charge is 0.310 e. The van der Waals surface area contributed by atoms with Gasteiger partial charge in [-0.3, -0.25) is 9.59 Å². The van der Waals surface area contributed by atoms with Crippen LogP contribution < -0.4 is 0 Å². The number of amides is 1. The fourth-order valence-electron chi connectivity index (χ4n) is 2.31. The average Bonchev–Trinajstić information content (AvgIpc) is 2.48. The number of halogens is 1. The van der Waals surface area contributed by atoms with Gasteiger partial charge in [-0.2, -0.15) is 0 Å². The summed E-state index contributed by atoms with van der Waals surface area (Å²) in [4.78, 5) is 25.4. The van der Waals surface area contributed by atoms with Crippen LogP contribution in [-0.2, 0) is 20.7 Å². The van der Waals surface area contributed by atoms with E-state index in [1.54, 1.807) is 29.2 Å². The monoisotopic (exact) mass is 309 g/mol. The predicted octanol–water partition coefficient (Wildman–Crippen LogP) is 2.68. The zero-order valence-electron chi connectivity index (χ0n) is 12.2. The Kier molecular flexibility index (Phi) is 5.62. The molecule has 1 saturated heterocycles. The molecule has 1 aliphatic rings. The Morgan fingerprint density at radius 3 is 2.48 bits per heavy atom. The molecule has 0 atom stereocenters. The van der Waals surface area contributed by atoms with Crippen molar-refractivity contribution in [3.05, 3.63) is 34.9 Å². The second kappa shape index (κ2) is 7.46. The first-order valence-electron chi connectivity index (χ1n) is 7.22. The molecular formula is C16H20ClNO3. The van der Waals surface area contributed by atoms with Crippen molar-refractivity contribution in [2.75, 3.05) is 19.7 Å². The highest BCUT2D eigenvalue weighted by Gasteiger charge is 2.21. The Morgan fingerprint density at radius 1 is 1.24 bits per heavy atom. The van der Waals surface area contributed by atoms with Crippen LogP contribution in [0.4, 0.5) is 0 Å². The minimum Gasteiger partial charge on any atom is -0.455 e. The van der Waals surface area contributed by atoms with Gasteiger partial charge in [-0.1, -0.05) is 30.7 Å². The normalized spacial score (nSPS) is 15.8. The van der Waals surface area contributed by atoms with Gasteiger partial charge in [0.2, 0.25) is 0 Å². The second-order valence-corrected chi connectivity index (χ2v) is 5.96. The fraction of sp³-hybridized carbons (Fsp3) is 0.500. The lowest BCUT2D eigenvalue weighted by molar-refractivity contribution is -0.152. The number of likely N-dealkylation sites (tertiary alicyclic amines) is 1. The molecule has 0 saturated carbocycles. The molecule has 1 aromatic rings. The Labute approximate surface area is 130 Å². The van der Waals surface area contributed by atoms with Crippen LogP contribution in [0.15, 0.2) is 24.3 Å². The third-order valence-corrected chi connectivity index (χ3v) is 4.01. The van der Waals surface area contributed by atoms with Crippen LogP contribution in [0.5, 0.6) is 0 Å². The van der Waals surface area contributed by atoms with Crippen molar-refractivity contribution in [3.8, 4) is 0 Å². The van der Waals surface area contributed by atoms with E-state index in [0.29, 0.717) is 10.9 Å². The lowest BCUT2D eigenvalue weighted by Gasteiger charge is -2.30. The minimum atomic E-state index is -0.393. The molecule has 0 unspecified atom stereocenters. The van der Waals surface area contributed by atoms with Gasteiger partial charge in [-0.15, -0.1) is 0 Å². The average molecular weight is 310 g/mol. The molecule has 4 nitrogen and oxygen atoms in total. The Bertz CT molecular complexity index is 493. The van der Waals surface area contributed by atoms with Crippen molar-refractivity contribution in [2.24, 2.45) is 5.92 Å². The summed E-state index contributed by atoms with van der Waals surface area (Å²) in [6.45, 7) is 3.54. The van der Waals surface area contributed by atoms with Gasteiger partial charge < -0.3 is 9.64 Å². The number of rotatable bonds is 4. The third-order valence-electron chi connectivity index (χ3n) is 3.75. The standard InChI is InChI=1S/C16H20ClNO3/c1-12-6-8-18(9-7-12)15(19)11-21-16(20)10-13-2-4-14(17)5-3-13/h2-5,12H,6-11H2,1H3. The topological polar surface area (TPSA) is 46.6 Å². The number of ether oxygens (including phenoxy) is 1. The number of benzene rings is 1. The summed E-state index contributed by atoms with van der Waals surface area (Å²) in [7, 11) is 0. The van der Waals surface area contributed by atoms with Gasteiger partial charge in [0.05, 0.1) is 6.42 Å². The lowest BCUT2D eigenvalue weighted by atomic mass is 9.99. The van der Waals surface area contributed by atoms with Crippen LogP contribution in [0.2, 0.25) is 5.02 Å². The summed E-state index contributed by atoms with van der Waals surface area (Å²) in [5.74, 6) is 0.170. The molecule has 1 amide bonds. The highest BCUT2D eigenvalue weighted by atomic mass is 35.5. The number of carbonyl (C=O) groups excluding carboxylic acids is 2. The molecule has 1 fully saturated rings. The maximum absolute atomic E-state index is 11.9. The molecule has 114 valence electrons. The van der Waals surface area contributed by atoms with E-state index >= 15 is 0 Å². The SMILES string of the molecule is CC1CCN(C(=O)COC(=O)Cc2ccc(Cl)cc2)CC1. The summed E-state index contributed by atoms with van der Waals surface area (Å²) in [6.07, 6.45) is 2.19. The van der Waals surface area contributed by atoms with E-state index in [2.05, 4.69) is 6.92 Å². The molecule has 0 N–H and O–H groups in total. The molecule has 0 radical (unpaired) electrons. The van der Waals surface area contributed by atoms with Crippen molar-refractivity contribution in [1.82, 2.24) is 4.90 Å². The molecule has 2 rings (SSSR count). The summed E-state index contributed by atoms with van der Waals surface area (Å²) < 4.78 is 5.05. The first kappa shape index (κ1) is 15.8. The lowest BCUT2D eigenvalue weighted by Crippen LogP contribution is -2.40. The maximum atomic E-state index is 11.9. The highest BCUT2D eigenvalue weighted by molar-refractivity contribution is 6.30. The quantitative estimate of drug-likeness (QED) is 0.803. The molecular weight excluding hydrogens is 290 g/mol. The molecule has 1 aliphatic heterocycles. The molecule has 5 heteroatoms. The highest BCUT2D eigenvalue weighted by Crippen LogP contribution is 2.16. The largest absolute Gasteiger partial charge is 0.455 e. The van der Waals surface area contributed by atoms with E-state index in [-0.39, 0.29) is 18.9 Å². The molecule has 21 heavy (non-hydrogen) atoms. The Morgan fingerprint density at radius 2 is 1.86 bits per heavy atom. The minimum absolute atomic E-state index is 0.105. The van der Waals surface area contributed by atoms with Crippen LogP contribution in [0.25, 0.3) is 0 Å². The van der Waals surface area contributed by atoms with Gasteiger partial charge >= 0.3 is 5.97 Å². The van der Waals surface area contributed by atoms with E-state index in [1.165, 1.54) is 0 Å². The number of nitrogens with zero attached hydrogens (tertiary/aromatic N) is 1. The van der Waals surface area contributed by atoms with E-state index in [1.807, 2.05) is 0 Å². The number of esters is 1. The molecule has 1 heterocycles. The van der Waals surface area contributed by atoms with Crippen LogP contribution in [0, 0.1) is 5.92 Å². The van der Waals surface area contributed by atoms with Gasteiger partial charge in [0.1, 0.15) is 0 Å². The van der Waals surface area contributed by atoms with Gasteiger partial charge in [0.25, 0.3) is 5.91 Å². The van der Waals surface area contributed by atoms with Gasteiger partial charge in [0.15, 0.2) is 6.61 Å². The fourth-order valence-corrected chi connectivity index (χ4v) is 2.44. The van der Waals surface area contributed by atoms with Crippen molar-refractivity contribution in [2.45, 2.75) is 26.2 Å². The summed E-state index contributed by atoms with van der Waals surface area (Å²) >= 11 is 5.78. The van der Waals surface area contributed by atoms with Crippen molar-refractivity contribution < 1.29 is 14.3 Å². The molecule has 1 aromatic carbocycles. The van der Waals surface area contributed by atoms with E-state index in [4.69, 9.17) is 16.3 Å². The van der Waals surface area contributed by atoms with E-state index in [0.717, 1.165) is 31.5 Å². The number of hydrogen-bond donors (Lipinski definition) is 0. The van der Waals surface area contributed by atoms with E-state index in [9.17, 15) is 9.59 Å². The summed E-state index contributed by atoms with van der Waals surface area (Å²) in [5, 5.41) is 0.627. The molecule has 0 aromatic heterocycles. The van der Waals surface area contributed by atoms with Crippen LogP contribution in [0.3, 0.4) is 0 Å². The third kappa shape index (κ3) is 5.05. The summed E-state index contributed by atoms with van der Waals surface area (Å²) in [6, 6.07) is 7.00. The first-order valence-corrected chi connectivity index (χ1v) is 7.60.